The number of piperidine rings is 1. The number of ether oxygens (including phenoxy) is 3. The van der Waals surface area contributed by atoms with Crippen LogP contribution in [0, 0.1) is 5.82 Å². The van der Waals surface area contributed by atoms with E-state index in [1.165, 1.54) is 14.0 Å². The third-order valence-electron chi connectivity index (χ3n) is 5.26. The Morgan fingerprint density at radius 2 is 2.07 bits per heavy atom. The van der Waals surface area contributed by atoms with Crippen LogP contribution in [-0.4, -0.2) is 60.8 Å². The highest BCUT2D eigenvalue weighted by Crippen LogP contribution is 2.44. The van der Waals surface area contributed by atoms with Gasteiger partial charge >= 0.3 is 0 Å². The molecule has 0 aliphatic carbocycles. The Kier molecular flexibility index (Phi) is 6.17. The molecular weight excluding hydrogens is 368 g/mol. The maximum absolute atomic E-state index is 15.2. The van der Waals surface area contributed by atoms with E-state index in [9.17, 15) is 9.50 Å². The van der Waals surface area contributed by atoms with Crippen LogP contribution in [0.5, 0.6) is 11.5 Å². The van der Waals surface area contributed by atoms with Crippen molar-refractivity contribution >= 4 is 0 Å². The van der Waals surface area contributed by atoms with Crippen LogP contribution in [0.1, 0.15) is 51.3 Å². The maximum Gasteiger partial charge on any atom is 0.197 e. The number of aliphatic hydroxyl groups is 1. The summed E-state index contributed by atoms with van der Waals surface area (Å²) in [7, 11) is 1.44. The van der Waals surface area contributed by atoms with Crippen molar-refractivity contribution in [3.05, 3.63) is 23.0 Å². The average molecular weight is 399 g/mol. The predicted octanol–water partition coefficient (Wildman–Crippen LogP) is 3.42. The number of hydrogen-bond donors (Lipinski definition) is 1. The second-order valence-electron chi connectivity index (χ2n) is 8.71. The quantitative estimate of drug-likeness (QED) is 0.822. The second kappa shape index (κ2) is 8.13. The lowest BCUT2D eigenvalue weighted by Gasteiger charge is -2.46. The zero-order chi connectivity index (χ0) is 20.6. The van der Waals surface area contributed by atoms with E-state index in [0.29, 0.717) is 31.5 Å². The topological polar surface area (TPSA) is 51.2 Å². The Morgan fingerprint density at radius 3 is 2.68 bits per heavy atom. The van der Waals surface area contributed by atoms with Crippen LogP contribution in [0.4, 0.5) is 8.78 Å². The summed E-state index contributed by atoms with van der Waals surface area (Å²) in [5, 5.41) is 10.6. The molecule has 5 nitrogen and oxygen atoms in total. The van der Waals surface area contributed by atoms with Crippen molar-refractivity contribution in [2.45, 2.75) is 70.6 Å². The molecule has 0 unspecified atom stereocenters. The smallest absolute Gasteiger partial charge is 0.197 e. The van der Waals surface area contributed by atoms with Crippen molar-refractivity contribution in [3.8, 4) is 11.5 Å². The van der Waals surface area contributed by atoms with Gasteiger partial charge in [0, 0.05) is 19.1 Å². The van der Waals surface area contributed by atoms with Crippen molar-refractivity contribution in [1.82, 2.24) is 4.90 Å². The number of alkyl halides is 1. The minimum Gasteiger partial charge on any atom is -0.493 e. The van der Waals surface area contributed by atoms with E-state index in [4.69, 9.17) is 14.2 Å². The zero-order valence-electron chi connectivity index (χ0n) is 17.3. The molecule has 1 N–H and O–H groups in total. The Labute approximate surface area is 165 Å². The lowest BCUT2D eigenvalue weighted by molar-refractivity contribution is -0.149. The van der Waals surface area contributed by atoms with E-state index < -0.39 is 18.1 Å². The van der Waals surface area contributed by atoms with Gasteiger partial charge in [-0.3, -0.25) is 4.90 Å². The van der Waals surface area contributed by atoms with Gasteiger partial charge in [0.05, 0.1) is 24.9 Å². The molecule has 3 rings (SSSR count). The highest BCUT2D eigenvalue weighted by molar-refractivity contribution is 5.51. The molecule has 4 atom stereocenters. The van der Waals surface area contributed by atoms with Crippen LogP contribution in [0.2, 0.25) is 0 Å². The van der Waals surface area contributed by atoms with Gasteiger partial charge in [-0.2, -0.15) is 0 Å². The van der Waals surface area contributed by atoms with Gasteiger partial charge < -0.3 is 19.3 Å². The third-order valence-corrected chi connectivity index (χ3v) is 5.26. The van der Waals surface area contributed by atoms with Gasteiger partial charge in [0.1, 0.15) is 12.8 Å². The largest absolute Gasteiger partial charge is 0.493 e. The Balaban J connectivity index is 1.89. The van der Waals surface area contributed by atoms with E-state index in [-0.39, 0.29) is 35.9 Å². The standard InChI is InChI=1S/C21H31F2NO4/c1-12(22)11-27-20-17(26-5)8-14-13(19(20)23)6-7-24-10-18(28-21(2,3)4)16(25)9-15(14)24/h8,12,15-16,18,25H,6-7,9-11H2,1-5H3/t12-,15-,16-,18-/m1/s1. The molecule has 28 heavy (non-hydrogen) atoms. The van der Waals surface area contributed by atoms with E-state index in [1.54, 1.807) is 6.07 Å². The van der Waals surface area contributed by atoms with Crippen molar-refractivity contribution in [1.29, 1.82) is 0 Å². The van der Waals surface area contributed by atoms with Crippen LogP contribution in [0.3, 0.4) is 0 Å². The summed E-state index contributed by atoms with van der Waals surface area (Å²) in [6.07, 6.45) is -1.15. The van der Waals surface area contributed by atoms with Gasteiger partial charge in [0.15, 0.2) is 17.3 Å². The molecule has 2 aliphatic rings. The summed E-state index contributed by atoms with van der Waals surface area (Å²) in [6.45, 7) is 8.29. The molecule has 158 valence electrons. The molecular formula is C21H31F2NO4. The molecule has 0 saturated carbocycles. The van der Waals surface area contributed by atoms with Crippen molar-refractivity contribution < 1.29 is 28.1 Å². The Bertz CT molecular complexity index is 705. The second-order valence-corrected chi connectivity index (χ2v) is 8.71. The van der Waals surface area contributed by atoms with E-state index >= 15 is 4.39 Å². The van der Waals surface area contributed by atoms with Crippen molar-refractivity contribution in [2.24, 2.45) is 0 Å². The molecule has 0 amide bonds. The normalized spacial score (nSPS) is 26.4. The highest BCUT2D eigenvalue weighted by Gasteiger charge is 2.41. The fourth-order valence-corrected chi connectivity index (χ4v) is 4.11. The lowest BCUT2D eigenvalue weighted by Crippen LogP contribution is -2.53. The van der Waals surface area contributed by atoms with Gasteiger partial charge in [0.25, 0.3) is 0 Å². The number of fused-ring (bicyclic) bond motifs is 3. The fourth-order valence-electron chi connectivity index (χ4n) is 4.11. The first-order valence-electron chi connectivity index (χ1n) is 9.86. The first-order chi connectivity index (χ1) is 13.1. The number of rotatable bonds is 5. The Hall–Kier alpha value is -1.44. The summed E-state index contributed by atoms with van der Waals surface area (Å²) in [5.41, 5.74) is 1.02. The van der Waals surface area contributed by atoms with Crippen LogP contribution in [-0.2, 0) is 11.2 Å². The first-order valence-corrected chi connectivity index (χ1v) is 9.86. The molecule has 7 heteroatoms. The van der Waals surface area contributed by atoms with Gasteiger partial charge in [-0.1, -0.05) is 0 Å². The van der Waals surface area contributed by atoms with Gasteiger partial charge in [-0.25, -0.2) is 8.78 Å². The molecule has 1 aromatic rings. The number of aliphatic hydroxyl groups excluding tert-OH is 1. The van der Waals surface area contributed by atoms with Gasteiger partial charge in [-0.05, 0) is 57.7 Å². The van der Waals surface area contributed by atoms with Gasteiger partial charge in [-0.15, -0.1) is 0 Å². The summed E-state index contributed by atoms with van der Waals surface area (Å²) in [6, 6.07) is 1.65. The highest BCUT2D eigenvalue weighted by atomic mass is 19.1. The van der Waals surface area contributed by atoms with Crippen molar-refractivity contribution in [3.63, 3.8) is 0 Å². The van der Waals surface area contributed by atoms with Crippen LogP contribution in [0.25, 0.3) is 0 Å². The van der Waals surface area contributed by atoms with E-state index in [2.05, 4.69) is 4.90 Å². The lowest BCUT2D eigenvalue weighted by atomic mass is 9.84. The molecule has 0 radical (unpaired) electrons. The molecule has 2 heterocycles. The number of halogens is 2. The molecule has 1 fully saturated rings. The van der Waals surface area contributed by atoms with Crippen LogP contribution >= 0.6 is 0 Å². The van der Waals surface area contributed by atoms with Crippen LogP contribution < -0.4 is 9.47 Å². The minimum atomic E-state index is -1.20. The SMILES string of the molecule is COc1cc2c(c(F)c1OC[C@@H](C)F)CCN1C[C@@H](OC(C)(C)C)[C@H](O)C[C@H]21. The number of nitrogens with zero attached hydrogens (tertiary/aromatic N) is 1. The molecule has 2 aliphatic heterocycles. The molecule has 1 aromatic carbocycles. The third kappa shape index (κ3) is 4.42. The van der Waals surface area contributed by atoms with E-state index in [0.717, 1.165) is 5.56 Å². The minimum absolute atomic E-state index is 0.0375. The summed E-state index contributed by atoms with van der Waals surface area (Å²) in [5.74, 6) is -0.275. The Morgan fingerprint density at radius 1 is 1.36 bits per heavy atom. The predicted molar refractivity (Wildman–Crippen MR) is 102 cm³/mol. The van der Waals surface area contributed by atoms with E-state index in [1.807, 2.05) is 20.8 Å². The summed E-state index contributed by atoms with van der Waals surface area (Å²) in [4.78, 5) is 2.23. The summed E-state index contributed by atoms with van der Waals surface area (Å²) < 4.78 is 45.1. The monoisotopic (exact) mass is 399 g/mol. The molecule has 1 saturated heterocycles. The number of benzene rings is 1. The first kappa shape index (κ1) is 21.3. The average Bonchev–Trinajstić information content (AvgIpc) is 2.60. The van der Waals surface area contributed by atoms with Crippen LogP contribution in [0.15, 0.2) is 6.07 Å². The number of methoxy groups -OCH3 is 1. The zero-order valence-corrected chi connectivity index (χ0v) is 17.3. The fraction of sp³-hybridized carbons (Fsp3) is 0.714. The molecule has 0 spiro atoms. The summed E-state index contributed by atoms with van der Waals surface area (Å²) >= 11 is 0. The number of hydrogen-bond acceptors (Lipinski definition) is 5. The van der Waals surface area contributed by atoms with Gasteiger partial charge in [0.2, 0.25) is 0 Å². The molecule has 0 bridgehead atoms. The molecule has 0 aromatic heterocycles. The van der Waals surface area contributed by atoms with Crippen molar-refractivity contribution in [2.75, 3.05) is 26.8 Å². The maximum atomic E-state index is 15.2.